The first-order valence-corrected chi connectivity index (χ1v) is 11.0. The number of nitrogens with one attached hydrogen (secondary N) is 2. The number of carbonyl (C=O) groups is 3. The van der Waals surface area contributed by atoms with Crippen molar-refractivity contribution in [3.8, 4) is 11.8 Å². The van der Waals surface area contributed by atoms with E-state index in [-0.39, 0.29) is 36.2 Å². The summed E-state index contributed by atoms with van der Waals surface area (Å²) in [5, 5.41) is 5.59. The Balaban J connectivity index is 1.76. The third kappa shape index (κ3) is 6.44. The average Bonchev–Trinajstić information content (AvgIpc) is 2.85. The van der Waals surface area contributed by atoms with Crippen LogP contribution in [-0.2, 0) is 9.59 Å². The van der Waals surface area contributed by atoms with Gasteiger partial charge < -0.3 is 25.0 Å². The summed E-state index contributed by atoms with van der Waals surface area (Å²) >= 11 is 0. The third-order valence-corrected chi connectivity index (χ3v) is 5.54. The lowest BCUT2D eigenvalue weighted by atomic mass is 10.00. The second-order valence-electron chi connectivity index (χ2n) is 7.72. The van der Waals surface area contributed by atoms with Gasteiger partial charge in [0, 0.05) is 19.2 Å². The number of ether oxygens (including phenoxy) is 2. The number of methoxy groups -OCH3 is 2. The zero-order valence-corrected chi connectivity index (χ0v) is 19.0. The molecule has 9 heteroatoms. The zero-order chi connectivity index (χ0) is 23.6. The molecular weight excluding hydrogens is 424 g/mol. The van der Waals surface area contributed by atoms with Crippen LogP contribution in [0.15, 0.2) is 42.5 Å². The fraction of sp³-hybridized carbons (Fsp3) is 0.417. The largest absolute Gasteiger partial charge is 0.481 e. The summed E-state index contributed by atoms with van der Waals surface area (Å²) in [5.74, 6) is -0.411. The summed E-state index contributed by atoms with van der Waals surface area (Å²) in [4.78, 5) is 44.3. The Hall–Kier alpha value is -3.62. The van der Waals surface area contributed by atoms with Crippen molar-refractivity contribution in [2.75, 3.05) is 33.9 Å². The molecule has 3 rings (SSSR count). The Morgan fingerprint density at radius 3 is 2.61 bits per heavy atom. The second-order valence-corrected chi connectivity index (χ2v) is 7.72. The summed E-state index contributed by atoms with van der Waals surface area (Å²) in [6.45, 7) is 0.940. The smallest absolute Gasteiger partial charge is 0.257 e. The molecule has 1 atom stereocenters. The van der Waals surface area contributed by atoms with Gasteiger partial charge in [-0.05, 0) is 30.9 Å². The summed E-state index contributed by atoms with van der Waals surface area (Å²) in [7, 11) is 2.88. The molecule has 2 N–H and O–H groups in total. The van der Waals surface area contributed by atoms with Crippen LogP contribution in [0.1, 0.15) is 47.6 Å². The van der Waals surface area contributed by atoms with E-state index < -0.39 is 11.9 Å². The van der Waals surface area contributed by atoms with Gasteiger partial charge in [-0.15, -0.1) is 0 Å². The fourth-order valence-electron chi connectivity index (χ4n) is 3.82. The molecule has 9 nitrogen and oxygen atoms in total. The number of benzene rings is 1. The molecule has 3 amide bonds. The van der Waals surface area contributed by atoms with E-state index in [1.165, 1.54) is 20.3 Å². The maximum absolute atomic E-state index is 13.3. The first-order chi connectivity index (χ1) is 16.0. The van der Waals surface area contributed by atoms with Gasteiger partial charge in [-0.25, -0.2) is 0 Å². The molecule has 1 unspecified atom stereocenters. The molecule has 0 saturated carbocycles. The third-order valence-electron chi connectivity index (χ3n) is 5.54. The van der Waals surface area contributed by atoms with Crippen molar-refractivity contribution in [2.45, 2.75) is 31.7 Å². The van der Waals surface area contributed by atoms with Crippen LogP contribution in [-0.4, -0.2) is 61.5 Å². The normalized spacial score (nSPS) is 17.0. The van der Waals surface area contributed by atoms with Crippen LogP contribution in [0.2, 0.25) is 0 Å². The lowest BCUT2D eigenvalue weighted by Gasteiger charge is -2.33. The minimum atomic E-state index is -0.481. The lowest BCUT2D eigenvalue weighted by molar-refractivity contribution is -0.134. The molecule has 1 aliphatic rings. The van der Waals surface area contributed by atoms with Crippen molar-refractivity contribution in [3.05, 3.63) is 53.6 Å². The molecule has 0 bridgehead atoms. The molecule has 33 heavy (non-hydrogen) atoms. The standard InChI is InChI=1S/C24H30N4O5/c1-32-21-12-11-18(24(27-21)33-2)23(31)26-16-22(30)28-14-8-4-7-13-25-20(29)15-19(28)17-9-5-3-6-10-17/h3,5-6,9-12,19H,4,7-8,13-16H2,1-2H3,(H,25,29)(H,26,31). The monoisotopic (exact) mass is 454 g/mol. The fourth-order valence-corrected chi connectivity index (χ4v) is 3.82. The van der Waals surface area contributed by atoms with Crippen molar-refractivity contribution in [1.29, 1.82) is 0 Å². The number of amides is 3. The minimum Gasteiger partial charge on any atom is -0.481 e. The molecular formula is C24H30N4O5. The van der Waals surface area contributed by atoms with Gasteiger partial charge in [-0.3, -0.25) is 14.4 Å². The first kappa shape index (κ1) is 24.0. The molecule has 176 valence electrons. The van der Waals surface area contributed by atoms with E-state index in [4.69, 9.17) is 9.47 Å². The van der Waals surface area contributed by atoms with Gasteiger partial charge in [-0.2, -0.15) is 4.98 Å². The summed E-state index contributed by atoms with van der Waals surface area (Å²) in [6.07, 6.45) is 2.74. The zero-order valence-electron chi connectivity index (χ0n) is 19.0. The lowest BCUT2D eigenvalue weighted by Crippen LogP contribution is -2.44. The van der Waals surface area contributed by atoms with Gasteiger partial charge in [0.1, 0.15) is 5.56 Å². The predicted octanol–water partition coefficient (Wildman–Crippen LogP) is 2.09. The van der Waals surface area contributed by atoms with E-state index in [1.807, 2.05) is 30.3 Å². The Morgan fingerprint density at radius 2 is 1.88 bits per heavy atom. The van der Waals surface area contributed by atoms with Crippen LogP contribution < -0.4 is 20.1 Å². The number of rotatable bonds is 6. The number of hydrogen-bond donors (Lipinski definition) is 2. The Bertz CT molecular complexity index is 967. The predicted molar refractivity (Wildman–Crippen MR) is 122 cm³/mol. The van der Waals surface area contributed by atoms with Crippen molar-refractivity contribution in [1.82, 2.24) is 20.5 Å². The molecule has 1 aromatic heterocycles. The van der Waals surface area contributed by atoms with Gasteiger partial charge in [0.05, 0.1) is 33.2 Å². The molecule has 2 aromatic rings. The van der Waals surface area contributed by atoms with E-state index in [0.29, 0.717) is 19.0 Å². The molecule has 0 radical (unpaired) electrons. The van der Waals surface area contributed by atoms with Crippen LogP contribution in [0.4, 0.5) is 0 Å². The highest BCUT2D eigenvalue weighted by atomic mass is 16.5. The quantitative estimate of drug-likeness (QED) is 0.692. The molecule has 1 fully saturated rings. The van der Waals surface area contributed by atoms with Crippen LogP contribution in [0.5, 0.6) is 11.8 Å². The molecule has 1 saturated heterocycles. The highest BCUT2D eigenvalue weighted by Gasteiger charge is 2.28. The number of pyridine rings is 1. The van der Waals surface area contributed by atoms with Gasteiger partial charge >= 0.3 is 0 Å². The number of nitrogens with zero attached hydrogens (tertiary/aromatic N) is 2. The molecule has 2 heterocycles. The topological polar surface area (TPSA) is 110 Å². The second kappa shape index (κ2) is 11.8. The van der Waals surface area contributed by atoms with Crippen molar-refractivity contribution in [3.63, 3.8) is 0 Å². The average molecular weight is 455 g/mol. The van der Waals surface area contributed by atoms with Gasteiger partial charge in [0.15, 0.2) is 0 Å². The highest BCUT2D eigenvalue weighted by Crippen LogP contribution is 2.26. The van der Waals surface area contributed by atoms with Crippen molar-refractivity contribution >= 4 is 17.7 Å². The van der Waals surface area contributed by atoms with E-state index in [2.05, 4.69) is 15.6 Å². The van der Waals surface area contributed by atoms with Crippen LogP contribution in [0.3, 0.4) is 0 Å². The van der Waals surface area contributed by atoms with Crippen molar-refractivity contribution in [2.24, 2.45) is 0 Å². The van der Waals surface area contributed by atoms with E-state index in [9.17, 15) is 14.4 Å². The SMILES string of the molecule is COc1ccc(C(=O)NCC(=O)N2CCCCCNC(=O)CC2c2ccccc2)c(OC)n1. The van der Waals surface area contributed by atoms with Crippen LogP contribution in [0.25, 0.3) is 0 Å². The molecule has 1 aliphatic heterocycles. The van der Waals surface area contributed by atoms with Gasteiger partial charge in [0.2, 0.25) is 23.6 Å². The van der Waals surface area contributed by atoms with Gasteiger partial charge in [0.25, 0.3) is 5.91 Å². The Morgan fingerprint density at radius 1 is 1.09 bits per heavy atom. The number of carbonyl (C=O) groups excluding carboxylic acids is 3. The maximum atomic E-state index is 13.3. The minimum absolute atomic E-state index is 0.0957. The van der Waals surface area contributed by atoms with E-state index >= 15 is 0 Å². The van der Waals surface area contributed by atoms with E-state index in [0.717, 1.165) is 24.8 Å². The molecule has 1 aromatic carbocycles. The highest BCUT2D eigenvalue weighted by molar-refractivity contribution is 5.98. The number of hydrogen-bond acceptors (Lipinski definition) is 6. The maximum Gasteiger partial charge on any atom is 0.257 e. The van der Waals surface area contributed by atoms with E-state index in [1.54, 1.807) is 11.0 Å². The first-order valence-electron chi connectivity index (χ1n) is 11.0. The summed E-state index contributed by atoms with van der Waals surface area (Å²) in [6, 6.07) is 12.2. The molecule has 0 spiro atoms. The molecule has 0 aliphatic carbocycles. The summed E-state index contributed by atoms with van der Waals surface area (Å²) in [5.41, 5.74) is 1.08. The van der Waals surface area contributed by atoms with Crippen molar-refractivity contribution < 1.29 is 23.9 Å². The van der Waals surface area contributed by atoms with Gasteiger partial charge in [-0.1, -0.05) is 30.3 Å². The Labute approximate surface area is 193 Å². The summed E-state index contributed by atoms with van der Waals surface area (Å²) < 4.78 is 10.2. The van der Waals surface area contributed by atoms with Crippen LogP contribution >= 0.6 is 0 Å². The Kier molecular flexibility index (Phi) is 8.63. The van der Waals surface area contributed by atoms with Crippen LogP contribution in [0, 0.1) is 0 Å². The number of aromatic nitrogens is 1.